The number of non-ortho nitro benzene ring substituents is 1. The van der Waals surface area contributed by atoms with Gasteiger partial charge in [0.15, 0.2) is 5.78 Å². The molecule has 2 aromatic rings. The third kappa shape index (κ3) is 5.79. The first-order valence-corrected chi connectivity index (χ1v) is 10.5. The molecule has 2 aromatic carbocycles. The minimum Gasteiger partial charge on any atom is -0.508 e. The maximum absolute atomic E-state index is 13.7. The molecule has 0 aliphatic heterocycles. The minimum absolute atomic E-state index is 0.0493. The highest BCUT2D eigenvalue weighted by Crippen LogP contribution is 2.62. The van der Waals surface area contributed by atoms with Crippen molar-refractivity contribution in [2.75, 3.05) is 5.32 Å². The van der Waals surface area contributed by atoms with Gasteiger partial charge in [0, 0.05) is 17.8 Å². The Bertz CT molecular complexity index is 823. The van der Waals surface area contributed by atoms with Gasteiger partial charge in [0.05, 0.1) is 17.1 Å². The summed E-state index contributed by atoms with van der Waals surface area (Å²) in [6, 6.07) is 12.0. The van der Waals surface area contributed by atoms with Gasteiger partial charge < -0.3 is 19.5 Å². The van der Waals surface area contributed by atoms with Gasteiger partial charge in [-0.25, -0.2) is 0 Å². The number of phenols is 1. The maximum atomic E-state index is 13.7. The molecule has 1 atom stereocenters. The second-order valence-corrected chi connectivity index (χ2v) is 8.81. The molecule has 0 bridgehead atoms. The Morgan fingerprint density at radius 2 is 1.46 bits per heavy atom. The third-order valence-corrected chi connectivity index (χ3v) is 6.11. The van der Waals surface area contributed by atoms with E-state index >= 15 is 0 Å². The number of rotatable bonds is 9. The van der Waals surface area contributed by atoms with Crippen molar-refractivity contribution in [3.8, 4) is 5.75 Å². The molecule has 0 aliphatic carbocycles. The number of benzene rings is 2. The van der Waals surface area contributed by atoms with Crippen molar-refractivity contribution in [2.24, 2.45) is 0 Å². The molecular formula is C19H25N2O6P. The van der Waals surface area contributed by atoms with Crippen LogP contribution in [0.2, 0.25) is 0 Å². The topological polar surface area (TPSA) is 111 Å². The molecule has 2 rings (SSSR count). The van der Waals surface area contributed by atoms with Crippen LogP contribution in [0.25, 0.3) is 0 Å². The first kappa shape index (κ1) is 21.9. The van der Waals surface area contributed by atoms with E-state index in [1.807, 2.05) is 0 Å². The van der Waals surface area contributed by atoms with Gasteiger partial charge >= 0.3 is 7.60 Å². The fraction of sp³-hybridized carbons (Fsp3) is 0.368. The molecule has 0 saturated heterocycles. The lowest BCUT2D eigenvalue weighted by Crippen LogP contribution is -2.19. The van der Waals surface area contributed by atoms with Crippen molar-refractivity contribution >= 4 is 19.0 Å². The van der Waals surface area contributed by atoms with Crippen LogP contribution in [0.15, 0.2) is 48.5 Å². The highest BCUT2D eigenvalue weighted by molar-refractivity contribution is 7.54. The average molecular weight is 408 g/mol. The second kappa shape index (κ2) is 9.19. The number of hydrogen-bond acceptors (Lipinski definition) is 7. The van der Waals surface area contributed by atoms with Crippen LogP contribution in [0.4, 0.5) is 11.4 Å². The normalized spacial score (nSPS) is 12.9. The zero-order valence-electron chi connectivity index (χ0n) is 16.2. The Hall–Kier alpha value is -2.41. The van der Waals surface area contributed by atoms with Gasteiger partial charge in [0.25, 0.3) is 5.69 Å². The van der Waals surface area contributed by atoms with Gasteiger partial charge in [-0.3, -0.25) is 14.7 Å². The standard InChI is InChI=1S/C19H25N2O6P/c1-13(2)26-28(25,27-14(3)4)19(15-5-11-18(22)12-6-15)20-16-7-9-17(10-8-16)21(23)24/h5-14,19-20,22H,1-4H3/t19-/m1/s1. The zero-order chi connectivity index (χ0) is 20.9. The molecule has 152 valence electrons. The molecule has 28 heavy (non-hydrogen) atoms. The molecule has 0 heterocycles. The predicted molar refractivity (Wildman–Crippen MR) is 108 cm³/mol. The summed E-state index contributed by atoms with van der Waals surface area (Å²) in [6.07, 6.45) is -0.717. The molecular weight excluding hydrogens is 383 g/mol. The largest absolute Gasteiger partial charge is 0.508 e. The van der Waals surface area contributed by atoms with Gasteiger partial charge in [0.1, 0.15) is 5.75 Å². The number of aromatic hydroxyl groups is 1. The molecule has 9 heteroatoms. The molecule has 0 unspecified atom stereocenters. The van der Waals surface area contributed by atoms with Crippen LogP contribution in [-0.4, -0.2) is 22.2 Å². The predicted octanol–water partition coefficient (Wildman–Crippen LogP) is 5.45. The number of hydrogen-bond donors (Lipinski definition) is 2. The lowest BCUT2D eigenvalue weighted by molar-refractivity contribution is -0.384. The van der Waals surface area contributed by atoms with E-state index in [2.05, 4.69) is 5.32 Å². The van der Waals surface area contributed by atoms with E-state index in [4.69, 9.17) is 9.05 Å². The van der Waals surface area contributed by atoms with E-state index in [-0.39, 0.29) is 23.6 Å². The summed E-state index contributed by atoms with van der Waals surface area (Å²) in [5.74, 6) is -0.804. The second-order valence-electron chi connectivity index (χ2n) is 6.79. The molecule has 0 aromatic heterocycles. The van der Waals surface area contributed by atoms with Gasteiger partial charge in [-0.2, -0.15) is 0 Å². The lowest BCUT2D eigenvalue weighted by atomic mass is 10.2. The fourth-order valence-electron chi connectivity index (χ4n) is 2.57. The van der Waals surface area contributed by atoms with E-state index in [9.17, 15) is 19.8 Å². The molecule has 0 spiro atoms. The number of nitro groups is 1. The van der Waals surface area contributed by atoms with Crippen molar-refractivity contribution < 1.29 is 23.6 Å². The molecule has 0 fully saturated rings. The van der Waals surface area contributed by atoms with E-state index in [0.29, 0.717) is 11.3 Å². The molecule has 0 aliphatic rings. The highest BCUT2D eigenvalue weighted by Gasteiger charge is 2.39. The van der Waals surface area contributed by atoms with Crippen molar-refractivity contribution in [3.63, 3.8) is 0 Å². The third-order valence-electron chi connectivity index (χ3n) is 3.62. The first-order chi connectivity index (χ1) is 13.1. The molecule has 8 nitrogen and oxygen atoms in total. The van der Waals surface area contributed by atoms with Crippen molar-refractivity contribution in [3.05, 3.63) is 64.2 Å². The summed E-state index contributed by atoms with van der Waals surface area (Å²) in [4.78, 5) is 10.4. The fourth-order valence-corrected chi connectivity index (χ4v) is 4.89. The number of anilines is 1. The summed E-state index contributed by atoms with van der Waals surface area (Å²) < 4.78 is 25.2. The average Bonchev–Trinajstić information content (AvgIpc) is 2.59. The Morgan fingerprint density at radius 1 is 0.964 bits per heavy atom. The van der Waals surface area contributed by atoms with Crippen LogP contribution in [-0.2, 0) is 13.6 Å². The van der Waals surface area contributed by atoms with Gasteiger partial charge in [0.2, 0.25) is 0 Å². The maximum Gasteiger partial charge on any atom is 0.357 e. The number of phenolic OH excluding ortho intramolecular Hbond substituents is 1. The molecule has 0 amide bonds. The number of nitro benzene ring substituents is 1. The summed E-state index contributed by atoms with van der Waals surface area (Å²) in [5.41, 5.74) is 1.05. The first-order valence-electron chi connectivity index (χ1n) is 8.87. The summed E-state index contributed by atoms with van der Waals surface area (Å²) in [7, 11) is -3.70. The monoisotopic (exact) mass is 408 g/mol. The van der Waals surface area contributed by atoms with Crippen molar-refractivity contribution in [2.45, 2.75) is 45.7 Å². The quantitative estimate of drug-likeness (QED) is 0.322. The Labute approximate surface area is 164 Å². The number of nitrogens with one attached hydrogen (secondary N) is 1. The summed E-state index contributed by atoms with van der Waals surface area (Å²) in [6.45, 7) is 7.04. The zero-order valence-corrected chi connectivity index (χ0v) is 17.1. The van der Waals surface area contributed by atoms with Gasteiger partial charge in [-0.1, -0.05) is 12.1 Å². The van der Waals surface area contributed by atoms with Gasteiger partial charge in [-0.15, -0.1) is 0 Å². The minimum atomic E-state index is -3.70. The van der Waals surface area contributed by atoms with E-state index < -0.39 is 18.3 Å². The van der Waals surface area contributed by atoms with Crippen LogP contribution in [0.1, 0.15) is 39.0 Å². The van der Waals surface area contributed by atoms with E-state index in [1.54, 1.807) is 39.8 Å². The van der Waals surface area contributed by atoms with E-state index in [0.717, 1.165) is 0 Å². The Balaban J connectivity index is 2.46. The van der Waals surface area contributed by atoms with Gasteiger partial charge in [-0.05, 0) is 57.5 Å². The summed E-state index contributed by atoms with van der Waals surface area (Å²) >= 11 is 0. The van der Waals surface area contributed by atoms with Crippen LogP contribution in [0, 0.1) is 10.1 Å². The van der Waals surface area contributed by atoms with E-state index in [1.165, 1.54) is 36.4 Å². The van der Waals surface area contributed by atoms with Crippen LogP contribution < -0.4 is 5.32 Å². The Morgan fingerprint density at radius 3 is 1.89 bits per heavy atom. The van der Waals surface area contributed by atoms with Crippen molar-refractivity contribution in [1.82, 2.24) is 0 Å². The van der Waals surface area contributed by atoms with Crippen LogP contribution in [0.3, 0.4) is 0 Å². The molecule has 0 radical (unpaired) electrons. The highest BCUT2D eigenvalue weighted by atomic mass is 31.2. The van der Waals surface area contributed by atoms with Crippen LogP contribution in [0.5, 0.6) is 5.75 Å². The lowest BCUT2D eigenvalue weighted by Gasteiger charge is -2.31. The summed E-state index contributed by atoms with van der Waals surface area (Å²) in [5, 5.41) is 23.6. The number of nitrogens with zero attached hydrogens (tertiary/aromatic N) is 1. The molecule has 2 N–H and O–H groups in total. The SMILES string of the molecule is CC(C)OP(=O)(OC(C)C)[C@@H](Nc1ccc([N+](=O)[O-])cc1)c1ccc(O)cc1. The smallest absolute Gasteiger partial charge is 0.357 e. The van der Waals surface area contributed by atoms with Crippen molar-refractivity contribution in [1.29, 1.82) is 0 Å². The Kier molecular flexibility index (Phi) is 7.18. The van der Waals surface area contributed by atoms with Crippen LogP contribution >= 0.6 is 7.60 Å². The molecule has 0 saturated carbocycles.